The molecule has 0 spiro atoms. The van der Waals surface area contributed by atoms with Gasteiger partial charge in [-0.15, -0.1) is 0 Å². The molecule has 0 radical (unpaired) electrons. The van der Waals surface area contributed by atoms with Gasteiger partial charge >= 0.3 is 39.5 Å². The number of phosphoric ester groups is 2. The van der Waals surface area contributed by atoms with Crippen molar-refractivity contribution in [2.24, 2.45) is 17.8 Å². The molecule has 0 aromatic carbocycles. The number of hydrogen-bond donors (Lipinski definition) is 3. The van der Waals surface area contributed by atoms with E-state index in [1.807, 2.05) is 0 Å². The quantitative estimate of drug-likeness (QED) is 0.0169. The van der Waals surface area contributed by atoms with E-state index in [2.05, 4.69) is 72.8 Å². The number of aliphatic hydroxyl groups excluding tert-OH is 1. The van der Waals surface area contributed by atoms with Crippen LogP contribution in [0.2, 0.25) is 0 Å². The van der Waals surface area contributed by atoms with Gasteiger partial charge in [-0.1, -0.05) is 265 Å². The van der Waals surface area contributed by atoms with Gasteiger partial charge in [0.15, 0.2) is 12.2 Å². The van der Waals surface area contributed by atoms with Gasteiger partial charge in [-0.3, -0.25) is 37.3 Å². The second kappa shape index (κ2) is 59.5. The maximum Gasteiger partial charge on any atom is 0.472 e. The Kier molecular flexibility index (Phi) is 57.9. The van der Waals surface area contributed by atoms with Gasteiger partial charge in [-0.05, 0) is 69.1 Å². The fraction of sp³-hybridized carbons (Fsp3) is 0.884. The third-order valence-electron chi connectivity index (χ3n) is 16.0. The monoisotopic (exact) mass is 1290 g/mol. The van der Waals surface area contributed by atoms with Crippen LogP contribution in [0.5, 0.6) is 0 Å². The number of phosphoric acid groups is 2. The lowest BCUT2D eigenvalue weighted by Crippen LogP contribution is -2.30. The number of hydrogen-bond acceptors (Lipinski definition) is 15. The predicted octanol–water partition coefficient (Wildman–Crippen LogP) is 19.0. The van der Waals surface area contributed by atoms with Gasteiger partial charge in [0.25, 0.3) is 0 Å². The highest BCUT2D eigenvalue weighted by Gasteiger charge is 2.30. The minimum Gasteiger partial charge on any atom is -0.462 e. The fourth-order valence-corrected chi connectivity index (χ4v) is 11.3. The first-order valence-electron chi connectivity index (χ1n) is 35.2. The predicted molar refractivity (Wildman–Crippen MR) is 354 cm³/mol. The van der Waals surface area contributed by atoms with Gasteiger partial charge in [0.2, 0.25) is 0 Å². The number of ether oxygens (including phenoxy) is 4. The topological polar surface area (TPSA) is 237 Å². The lowest BCUT2D eigenvalue weighted by Gasteiger charge is -2.21. The van der Waals surface area contributed by atoms with Crippen LogP contribution in [-0.2, 0) is 65.4 Å². The number of allylic oxidation sites excluding steroid dienone is 4. The van der Waals surface area contributed by atoms with E-state index in [0.717, 1.165) is 127 Å². The Hall–Kier alpha value is -2.46. The SMILES string of the molecule is CCCCCC/C=C\C=C/CCCCCCCC(=O)OC[C@H](COP(=O)(O)OCC(O)COP(=O)(O)OC[C@@H](COC(=O)CCCCCCCCCCC(C)C)OC(=O)CCCCCCCCC(C)CC)OC(=O)CCCCCCCCCCC(C)CC. The van der Waals surface area contributed by atoms with Crippen LogP contribution >= 0.6 is 15.6 Å². The number of esters is 4. The molecular formula is C69H130O17P2. The molecule has 17 nitrogen and oxygen atoms in total. The molecule has 0 fully saturated rings. The van der Waals surface area contributed by atoms with Crippen LogP contribution in [-0.4, -0.2) is 96.7 Å². The van der Waals surface area contributed by atoms with Crippen LogP contribution < -0.4 is 0 Å². The Bertz CT molecular complexity index is 1830. The molecule has 0 saturated carbocycles. The Morgan fingerprint density at radius 3 is 1.01 bits per heavy atom. The molecule has 88 heavy (non-hydrogen) atoms. The maximum absolute atomic E-state index is 13.0. The van der Waals surface area contributed by atoms with Crippen molar-refractivity contribution in [1.82, 2.24) is 0 Å². The van der Waals surface area contributed by atoms with Crippen LogP contribution in [0.3, 0.4) is 0 Å². The lowest BCUT2D eigenvalue weighted by molar-refractivity contribution is -0.161. The van der Waals surface area contributed by atoms with E-state index in [1.54, 1.807) is 0 Å². The molecule has 5 unspecified atom stereocenters. The number of carbonyl (C=O) groups excluding carboxylic acids is 4. The second-order valence-electron chi connectivity index (χ2n) is 25.2. The average molecular weight is 1290 g/mol. The summed E-state index contributed by atoms with van der Waals surface area (Å²) in [6.07, 6.45) is 45.3. The highest BCUT2D eigenvalue weighted by molar-refractivity contribution is 7.47. The van der Waals surface area contributed by atoms with Crippen molar-refractivity contribution in [3.8, 4) is 0 Å². The van der Waals surface area contributed by atoms with E-state index in [4.69, 9.17) is 37.0 Å². The van der Waals surface area contributed by atoms with Crippen LogP contribution in [0.1, 0.15) is 318 Å². The summed E-state index contributed by atoms with van der Waals surface area (Å²) < 4.78 is 68.2. The first kappa shape index (κ1) is 85.5. The Morgan fingerprint density at radius 2 is 0.670 bits per heavy atom. The van der Waals surface area contributed by atoms with Crippen LogP contribution in [0.4, 0.5) is 0 Å². The first-order chi connectivity index (χ1) is 42.3. The van der Waals surface area contributed by atoms with E-state index in [1.165, 1.54) is 109 Å². The molecule has 7 atom stereocenters. The van der Waals surface area contributed by atoms with Crippen molar-refractivity contribution in [3.05, 3.63) is 24.3 Å². The van der Waals surface area contributed by atoms with Crippen molar-refractivity contribution in [1.29, 1.82) is 0 Å². The summed E-state index contributed by atoms with van der Waals surface area (Å²) in [5.41, 5.74) is 0. The van der Waals surface area contributed by atoms with Gasteiger partial charge in [0, 0.05) is 25.7 Å². The first-order valence-corrected chi connectivity index (χ1v) is 38.2. The van der Waals surface area contributed by atoms with Crippen molar-refractivity contribution in [3.63, 3.8) is 0 Å². The molecule has 0 aromatic heterocycles. The zero-order valence-corrected chi connectivity index (χ0v) is 58.5. The van der Waals surface area contributed by atoms with E-state index >= 15 is 0 Å². The molecule has 0 aromatic rings. The molecule has 0 bridgehead atoms. The van der Waals surface area contributed by atoms with Crippen LogP contribution in [0.25, 0.3) is 0 Å². The summed E-state index contributed by atoms with van der Waals surface area (Å²) in [6, 6.07) is 0. The molecule has 0 amide bonds. The van der Waals surface area contributed by atoms with E-state index in [-0.39, 0.29) is 25.7 Å². The molecule has 518 valence electrons. The summed E-state index contributed by atoms with van der Waals surface area (Å²) in [5.74, 6) is 0.0462. The maximum atomic E-state index is 13.0. The Labute approximate surface area is 535 Å². The Morgan fingerprint density at radius 1 is 0.375 bits per heavy atom. The second-order valence-corrected chi connectivity index (χ2v) is 28.1. The summed E-state index contributed by atoms with van der Waals surface area (Å²) in [7, 11) is -9.91. The summed E-state index contributed by atoms with van der Waals surface area (Å²) >= 11 is 0. The molecule has 0 saturated heterocycles. The fourth-order valence-electron chi connectivity index (χ4n) is 9.76. The van der Waals surface area contributed by atoms with Gasteiger partial charge < -0.3 is 33.8 Å². The molecule has 19 heteroatoms. The van der Waals surface area contributed by atoms with Gasteiger partial charge in [0.05, 0.1) is 26.4 Å². The van der Waals surface area contributed by atoms with Crippen molar-refractivity contribution in [2.75, 3.05) is 39.6 Å². The number of unbranched alkanes of at least 4 members (excludes halogenated alkanes) is 28. The van der Waals surface area contributed by atoms with Crippen LogP contribution in [0.15, 0.2) is 24.3 Å². The molecule has 3 N–H and O–H groups in total. The van der Waals surface area contributed by atoms with Crippen LogP contribution in [0, 0.1) is 17.8 Å². The van der Waals surface area contributed by atoms with Crippen molar-refractivity contribution >= 4 is 39.5 Å². The lowest BCUT2D eigenvalue weighted by atomic mass is 9.99. The van der Waals surface area contributed by atoms with E-state index in [0.29, 0.717) is 25.7 Å². The number of carbonyl (C=O) groups is 4. The zero-order valence-electron chi connectivity index (χ0n) is 56.7. The average Bonchev–Trinajstić information content (AvgIpc) is 3.51. The summed E-state index contributed by atoms with van der Waals surface area (Å²) in [4.78, 5) is 72.4. The molecule has 0 rings (SSSR count). The highest BCUT2D eigenvalue weighted by atomic mass is 31.2. The largest absolute Gasteiger partial charge is 0.472 e. The normalized spacial score (nSPS) is 15.0. The zero-order chi connectivity index (χ0) is 65.2. The molecule has 0 aliphatic carbocycles. The van der Waals surface area contributed by atoms with E-state index < -0.39 is 97.5 Å². The number of rotatable bonds is 65. The summed E-state index contributed by atoms with van der Waals surface area (Å²) in [5, 5.41) is 10.6. The van der Waals surface area contributed by atoms with Gasteiger partial charge in [0.1, 0.15) is 19.3 Å². The minimum absolute atomic E-state index is 0.0975. The van der Waals surface area contributed by atoms with Crippen molar-refractivity contribution < 1.29 is 80.2 Å². The molecule has 0 heterocycles. The van der Waals surface area contributed by atoms with E-state index in [9.17, 15) is 43.2 Å². The highest BCUT2D eigenvalue weighted by Crippen LogP contribution is 2.45. The van der Waals surface area contributed by atoms with Gasteiger partial charge in [-0.2, -0.15) is 0 Å². The minimum atomic E-state index is -4.96. The number of aliphatic hydroxyl groups is 1. The van der Waals surface area contributed by atoms with Crippen molar-refractivity contribution in [2.45, 2.75) is 336 Å². The summed E-state index contributed by atoms with van der Waals surface area (Å²) in [6.45, 7) is 11.7. The van der Waals surface area contributed by atoms with Gasteiger partial charge in [-0.25, -0.2) is 9.13 Å². The third kappa shape index (κ3) is 59.8. The smallest absolute Gasteiger partial charge is 0.462 e. The molecule has 0 aliphatic heterocycles. The molecular weight excluding hydrogens is 1160 g/mol. The standard InChI is InChI=1S/C69H130O17P2/c1-8-11-12-13-14-15-16-17-18-19-20-21-28-36-43-50-66(71)79-56-64(85-68(73)52-45-38-30-25-23-27-34-41-48-61(6)9-2)58-83-87(75,76)81-54-63(70)55-82-88(77,78)84-59-65(86-69(74)53-46-39-32-31-35-42-49-62(7)10-3)57-80-67(72)51-44-37-29-24-22-26-33-40-47-60(4)5/h15-18,60-65,70H,8-14,19-59H2,1-7H3,(H,75,76)(H,77,78)/b16-15-,18-17-/t61?,62?,63?,64-,65-/m1/s1. The third-order valence-corrected chi connectivity index (χ3v) is 17.9. The Balaban J connectivity index is 5.29. The molecule has 0 aliphatic rings.